The van der Waals surface area contributed by atoms with Crippen molar-refractivity contribution in [3.63, 3.8) is 0 Å². The standard InChI is InChI=1S/C14H22N2O3S/c1-12(17)13-7-5-8-14(11-13)20(18,19)16(4)10-6-9-15(2)3/h5,7-8,11H,6,9-10H2,1-4H3. The molecule has 1 aromatic carbocycles. The van der Waals surface area contributed by atoms with E-state index in [0.29, 0.717) is 12.1 Å². The Morgan fingerprint density at radius 2 is 1.80 bits per heavy atom. The lowest BCUT2D eigenvalue weighted by molar-refractivity contribution is 0.101. The molecule has 0 aliphatic carbocycles. The minimum atomic E-state index is -3.53. The highest BCUT2D eigenvalue weighted by Crippen LogP contribution is 2.16. The van der Waals surface area contributed by atoms with E-state index in [0.717, 1.165) is 13.0 Å². The normalized spacial score (nSPS) is 12.1. The number of nitrogens with zero attached hydrogens (tertiary/aromatic N) is 2. The third-order valence-electron chi connectivity index (χ3n) is 3.03. The average molecular weight is 298 g/mol. The van der Waals surface area contributed by atoms with E-state index in [4.69, 9.17) is 0 Å². The summed E-state index contributed by atoms with van der Waals surface area (Å²) in [7, 11) is 1.93. The maximum absolute atomic E-state index is 12.4. The number of ketones is 1. The number of carbonyl (C=O) groups excluding carboxylic acids is 1. The Morgan fingerprint density at radius 1 is 1.15 bits per heavy atom. The maximum Gasteiger partial charge on any atom is 0.242 e. The number of sulfonamides is 1. The van der Waals surface area contributed by atoms with E-state index >= 15 is 0 Å². The van der Waals surface area contributed by atoms with Crippen LogP contribution in [0, 0.1) is 0 Å². The van der Waals surface area contributed by atoms with Crippen LogP contribution in [0.4, 0.5) is 0 Å². The van der Waals surface area contributed by atoms with Gasteiger partial charge in [0.05, 0.1) is 4.90 Å². The van der Waals surface area contributed by atoms with Crippen molar-refractivity contribution in [2.45, 2.75) is 18.2 Å². The number of benzene rings is 1. The Hall–Kier alpha value is -1.24. The first-order valence-corrected chi connectivity index (χ1v) is 7.91. The fraction of sp³-hybridized carbons (Fsp3) is 0.500. The molecular formula is C14H22N2O3S. The minimum absolute atomic E-state index is 0.141. The average Bonchev–Trinajstić information content (AvgIpc) is 2.38. The van der Waals surface area contributed by atoms with Gasteiger partial charge < -0.3 is 4.90 Å². The van der Waals surface area contributed by atoms with Gasteiger partial charge in [0.15, 0.2) is 5.78 Å². The van der Waals surface area contributed by atoms with Gasteiger partial charge in [-0.3, -0.25) is 4.79 Å². The molecule has 0 fully saturated rings. The van der Waals surface area contributed by atoms with Gasteiger partial charge in [0.2, 0.25) is 10.0 Å². The molecule has 0 unspecified atom stereocenters. The molecule has 0 atom stereocenters. The second kappa shape index (κ2) is 6.97. The Morgan fingerprint density at radius 3 is 2.35 bits per heavy atom. The summed E-state index contributed by atoms with van der Waals surface area (Å²) in [5.74, 6) is -0.141. The van der Waals surface area contributed by atoms with Crippen molar-refractivity contribution in [2.24, 2.45) is 0 Å². The SMILES string of the molecule is CC(=O)c1cccc(S(=O)(=O)N(C)CCCN(C)C)c1. The molecule has 0 aromatic heterocycles. The highest BCUT2D eigenvalue weighted by molar-refractivity contribution is 7.89. The topological polar surface area (TPSA) is 57.7 Å². The fourth-order valence-electron chi connectivity index (χ4n) is 1.79. The van der Waals surface area contributed by atoms with E-state index in [9.17, 15) is 13.2 Å². The monoisotopic (exact) mass is 298 g/mol. The van der Waals surface area contributed by atoms with Gasteiger partial charge in [-0.15, -0.1) is 0 Å². The maximum atomic E-state index is 12.4. The van der Waals surface area contributed by atoms with Crippen molar-refractivity contribution in [3.05, 3.63) is 29.8 Å². The summed E-state index contributed by atoms with van der Waals surface area (Å²) in [4.78, 5) is 13.5. The summed E-state index contributed by atoms with van der Waals surface area (Å²) < 4.78 is 26.1. The van der Waals surface area contributed by atoms with Crippen molar-refractivity contribution in [2.75, 3.05) is 34.2 Å². The van der Waals surface area contributed by atoms with Crippen LogP contribution in [0.25, 0.3) is 0 Å². The molecular weight excluding hydrogens is 276 g/mol. The molecule has 112 valence electrons. The largest absolute Gasteiger partial charge is 0.309 e. The Balaban J connectivity index is 2.87. The number of hydrogen-bond donors (Lipinski definition) is 0. The van der Waals surface area contributed by atoms with Crippen LogP contribution in [0.5, 0.6) is 0 Å². The highest BCUT2D eigenvalue weighted by Gasteiger charge is 2.21. The third kappa shape index (κ3) is 4.40. The van der Waals surface area contributed by atoms with Crippen molar-refractivity contribution in [3.8, 4) is 0 Å². The fourth-order valence-corrected chi connectivity index (χ4v) is 3.04. The number of carbonyl (C=O) groups is 1. The molecule has 0 N–H and O–H groups in total. The van der Waals surface area contributed by atoms with Crippen LogP contribution in [0.1, 0.15) is 23.7 Å². The summed E-state index contributed by atoms with van der Waals surface area (Å²) in [6, 6.07) is 6.16. The van der Waals surface area contributed by atoms with E-state index in [1.54, 1.807) is 19.2 Å². The molecule has 6 heteroatoms. The second-order valence-electron chi connectivity index (χ2n) is 5.07. The zero-order chi connectivity index (χ0) is 15.3. The summed E-state index contributed by atoms with van der Waals surface area (Å²) in [5, 5.41) is 0. The first-order valence-electron chi connectivity index (χ1n) is 6.47. The smallest absolute Gasteiger partial charge is 0.242 e. The van der Waals surface area contributed by atoms with Crippen LogP contribution in [0.15, 0.2) is 29.2 Å². The molecule has 0 saturated heterocycles. The van der Waals surface area contributed by atoms with Crippen LogP contribution in [0.2, 0.25) is 0 Å². The molecule has 0 spiro atoms. The lowest BCUT2D eigenvalue weighted by atomic mass is 10.2. The molecule has 1 aromatic rings. The number of Topliss-reactive ketones (excluding diaryl/α,β-unsaturated/α-hetero) is 1. The molecule has 5 nitrogen and oxygen atoms in total. The van der Waals surface area contributed by atoms with Gasteiger partial charge in [-0.05, 0) is 46.1 Å². The summed E-state index contributed by atoms with van der Waals surface area (Å²) in [6.07, 6.45) is 0.759. The van der Waals surface area contributed by atoms with Crippen LogP contribution in [0.3, 0.4) is 0 Å². The zero-order valence-electron chi connectivity index (χ0n) is 12.5. The van der Waals surface area contributed by atoms with Crippen LogP contribution in [-0.4, -0.2) is 57.6 Å². The summed E-state index contributed by atoms with van der Waals surface area (Å²) in [5.41, 5.74) is 0.410. The van der Waals surface area contributed by atoms with Crippen molar-refractivity contribution >= 4 is 15.8 Å². The van der Waals surface area contributed by atoms with Gasteiger partial charge in [-0.1, -0.05) is 12.1 Å². The summed E-state index contributed by atoms with van der Waals surface area (Å²) in [6.45, 7) is 2.70. The molecule has 20 heavy (non-hydrogen) atoms. The van der Waals surface area contributed by atoms with Gasteiger partial charge in [0.1, 0.15) is 0 Å². The molecule has 0 bridgehead atoms. The molecule has 0 saturated carbocycles. The first kappa shape index (κ1) is 16.8. The second-order valence-corrected chi connectivity index (χ2v) is 7.11. The lowest BCUT2D eigenvalue weighted by Crippen LogP contribution is -2.30. The predicted molar refractivity (Wildman–Crippen MR) is 79.4 cm³/mol. The molecule has 1 rings (SSSR count). The van der Waals surface area contributed by atoms with Crippen molar-refractivity contribution < 1.29 is 13.2 Å². The van der Waals surface area contributed by atoms with Gasteiger partial charge in [0.25, 0.3) is 0 Å². The summed E-state index contributed by atoms with van der Waals surface area (Å²) >= 11 is 0. The van der Waals surface area contributed by atoms with Crippen molar-refractivity contribution in [1.82, 2.24) is 9.21 Å². The molecule has 0 radical (unpaired) electrons. The minimum Gasteiger partial charge on any atom is -0.309 e. The first-order chi connectivity index (χ1) is 9.25. The van der Waals surface area contributed by atoms with Gasteiger partial charge >= 0.3 is 0 Å². The van der Waals surface area contributed by atoms with Gasteiger partial charge in [0, 0.05) is 19.2 Å². The van der Waals surface area contributed by atoms with E-state index in [1.807, 2.05) is 19.0 Å². The lowest BCUT2D eigenvalue weighted by Gasteiger charge is -2.18. The Kier molecular flexibility index (Phi) is 5.86. The zero-order valence-corrected chi connectivity index (χ0v) is 13.3. The molecule has 0 amide bonds. The Labute approximate surface area is 121 Å². The van der Waals surface area contributed by atoms with E-state index in [1.165, 1.54) is 23.4 Å². The third-order valence-corrected chi connectivity index (χ3v) is 4.88. The molecule has 0 heterocycles. The van der Waals surface area contributed by atoms with Crippen LogP contribution < -0.4 is 0 Å². The molecule has 0 aliphatic rings. The van der Waals surface area contributed by atoms with E-state index in [2.05, 4.69) is 0 Å². The van der Waals surface area contributed by atoms with Crippen LogP contribution >= 0.6 is 0 Å². The highest BCUT2D eigenvalue weighted by atomic mass is 32.2. The van der Waals surface area contributed by atoms with Crippen LogP contribution in [-0.2, 0) is 10.0 Å². The number of hydrogen-bond acceptors (Lipinski definition) is 4. The van der Waals surface area contributed by atoms with E-state index in [-0.39, 0.29) is 10.7 Å². The van der Waals surface area contributed by atoms with Crippen molar-refractivity contribution in [1.29, 1.82) is 0 Å². The quantitative estimate of drug-likeness (QED) is 0.715. The molecule has 0 aliphatic heterocycles. The Bertz CT molecular complexity index is 568. The van der Waals surface area contributed by atoms with Gasteiger partial charge in [-0.25, -0.2) is 12.7 Å². The van der Waals surface area contributed by atoms with E-state index < -0.39 is 10.0 Å². The van der Waals surface area contributed by atoms with Gasteiger partial charge in [-0.2, -0.15) is 0 Å². The number of rotatable bonds is 7. The predicted octanol–water partition coefficient (Wildman–Crippen LogP) is 1.46.